The third-order valence-corrected chi connectivity index (χ3v) is 4.12. The Morgan fingerprint density at radius 1 is 1.07 bits per heavy atom. The fourth-order valence-corrected chi connectivity index (χ4v) is 2.71. The van der Waals surface area contributed by atoms with Gasteiger partial charge in [0.15, 0.2) is 0 Å². The van der Waals surface area contributed by atoms with E-state index in [4.69, 9.17) is 21.1 Å². The molecule has 3 aromatic carbocycles. The highest BCUT2D eigenvalue weighted by molar-refractivity contribution is 6.30. The van der Waals surface area contributed by atoms with Gasteiger partial charge in [0, 0.05) is 11.1 Å². The Balaban J connectivity index is 1.66. The molecule has 0 aliphatic carbocycles. The molecule has 0 saturated heterocycles. The molecule has 6 nitrogen and oxygen atoms in total. The van der Waals surface area contributed by atoms with E-state index in [9.17, 15) is 14.9 Å². The number of nitrogens with zero attached hydrogens (tertiary/aromatic N) is 1. The molecule has 3 aromatic rings. The number of nitro benzene ring substituents is 1. The van der Waals surface area contributed by atoms with Gasteiger partial charge in [0.05, 0.1) is 10.5 Å². The maximum Gasteiger partial charge on any atom is 0.338 e. The van der Waals surface area contributed by atoms with Crippen LogP contribution in [-0.2, 0) is 11.3 Å². The van der Waals surface area contributed by atoms with Crippen molar-refractivity contribution < 1.29 is 19.2 Å². The van der Waals surface area contributed by atoms with Crippen LogP contribution in [0.2, 0.25) is 5.02 Å². The Bertz CT molecular complexity index is 1020. The summed E-state index contributed by atoms with van der Waals surface area (Å²) in [6, 6.07) is 18.0. The minimum atomic E-state index is -0.571. The first-order valence-corrected chi connectivity index (χ1v) is 8.75. The van der Waals surface area contributed by atoms with Gasteiger partial charge in [-0.05, 0) is 48.9 Å². The van der Waals surface area contributed by atoms with Gasteiger partial charge in [0.2, 0.25) is 5.75 Å². The molecule has 0 bridgehead atoms. The number of nitro groups is 1. The quantitative estimate of drug-likeness (QED) is 0.302. The van der Waals surface area contributed by atoms with Crippen molar-refractivity contribution in [3.63, 3.8) is 0 Å². The van der Waals surface area contributed by atoms with Gasteiger partial charge in [-0.2, -0.15) is 0 Å². The normalized spacial score (nSPS) is 10.4. The van der Waals surface area contributed by atoms with Crippen LogP contribution in [0.3, 0.4) is 0 Å². The molecular weight excluding hydrogens is 382 g/mol. The van der Waals surface area contributed by atoms with Crippen molar-refractivity contribution in [1.82, 2.24) is 0 Å². The molecule has 7 heteroatoms. The summed E-state index contributed by atoms with van der Waals surface area (Å²) in [5.74, 6) is -0.0599. The molecule has 0 fully saturated rings. The van der Waals surface area contributed by atoms with Crippen LogP contribution in [0.4, 0.5) is 5.69 Å². The van der Waals surface area contributed by atoms with Crippen LogP contribution in [0, 0.1) is 17.0 Å². The summed E-state index contributed by atoms with van der Waals surface area (Å²) in [5.41, 5.74) is 2.11. The van der Waals surface area contributed by atoms with Crippen LogP contribution in [0.15, 0.2) is 66.7 Å². The summed E-state index contributed by atoms with van der Waals surface area (Å²) in [7, 11) is 0. The second-order valence-corrected chi connectivity index (χ2v) is 6.50. The predicted octanol–water partition coefficient (Wildman–Crippen LogP) is 5.71. The second-order valence-electron chi connectivity index (χ2n) is 6.06. The summed E-state index contributed by atoms with van der Waals surface area (Å²) in [6.45, 7) is 2.14. The van der Waals surface area contributed by atoms with Crippen molar-refractivity contribution in [1.29, 1.82) is 0 Å². The molecule has 0 aliphatic heterocycles. The minimum absolute atomic E-state index is 0.0594. The zero-order valence-corrected chi connectivity index (χ0v) is 15.7. The van der Waals surface area contributed by atoms with Crippen LogP contribution in [-0.4, -0.2) is 10.9 Å². The summed E-state index contributed by atoms with van der Waals surface area (Å²) in [4.78, 5) is 22.7. The van der Waals surface area contributed by atoms with Crippen LogP contribution in [0.5, 0.6) is 11.5 Å². The van der Waals surface area contributed by atoms with Gasteiger partial charge in [0.1, 0.15) is 12.4 Å². The Morgan fingerprint density at radius 2 is 1.82 bits per heavy atom. The van der Waals surface area contributed by atoms with E-state index in [0.717, 1.165) is 11.1 Å². The highest BCUT2D eigenvalue weighted by atomic mass is 35.5. The van der Waals surface area contributed by atoms with E-state index in [-0.39, 0.29) is 23.1 Å². The summed E-state index contributed by atoms with van der Waals surface area (Å²) in [6.07, 6.45) is 0. The maximum absolute atomic E-state index is 12.2. The average molecular weight is 398 g/mol. The SMILES string of the molecule is Cc1cccc(COC(=O)c2ccc(Oc3ccc(Cl)cc3[N+](=O)[O-])cc2)c1. The van der Waals surface area contributed by atoms with Gasteiger partial charge in [-0.15, -0.1) is 0 Å². The summed E-state index contributed by atoms with van der Waals surface area (Å²) < 4.78 is 10.9. The monoisotopic (exact) mass is 397 g/mol. The van der Waals surface area contributed by atoms with Crippen LogP contribution >= 0.6 is 11.6 Å². The van der Waals surface area contributed by atoms with E-state index in [0.29, 0.717) is 11.3 Å². The molecule has 0 spiro atoms. The first kappa shape index (κ1) is 19.4. The molecule has 0 aliphatic rings. The first-order valence-electron chi connectivity index (χ1n) is 8.37. The minimum Gasteiger partial charge on any atom is -0.457 e. The van der Waals surface area contributed by atoms with Crippen molar-refractivity contribution in [2.24, 2.45) is 0 Å². The average Bonchev–Trinajstić information content (AvgIpc) is 2.68. The number of rotatable bonds is 6. The van der Waals surface area contributed by atoms with Gasteiger partial charge in [-0.25, -0.2) is 4.79 Å². The van der Waals surface area contributed by atoms with Gasteiger partial charge >= 0.3 is 11.7 Å². The van der Waals surface area contributed by atoms with Gasteiger partial charge in [-0.3, -0.25) is 10.1 Å². The number of hydrogen-bond donors (Lipinski definition) is 0. The lowest BCUT2D eigenvalue weighted by molar-refractivity contribution is -0.385. The van der Waals surface area contributed by atoms with E-state index in [2.05, 4.69) is 0 Å². The molecule has 142 valence electrons. The molecule has 3 rings (SSSR count). The lowest BCUT2D eigenvalue weighted by Crippen LogP contribution is -2.05. The highest BCUT2D eigenvalue weighted by Crippen LogP contribution is 2.33. The van der Waals surface area contributed by atoms with Crippen molar-refractivity contribution >= 4 is 23.3 Å². The Morgan fingerprint density at radius 3 is 2.50 bits per heavy atom. The van der Waals surface area contributed by atoms with Crippen LogP contribution in [0.25, 0.3) is 0 Å². The molecule has 0 unspecified atom stereocenters. The number of hydrogen-bond acceptors (Lipinski definition) is 5. The lowest BCUT2D eigenvalue weighted by Gasteiger charge is -2.08. The zero-order chi connectivity index (χ0) is 20.1. The highest BCUT2D eigenvalue weighted by Gasteiger charge is 2.17. The number of aryl methyl sites for hydroxylation is 1. The summed E-state index contributed by atoms with van der Waals surface area (Å²) in [5, 5.41) is 11.4. The standard InChI is InChI=1S/C21H16ClNO5/c1-14-3-2-4-15(11-14)13-27-21(24)16-5-8-18(9-6-16)28-20-10-7-17(22)12-19(20)23(25)26/h2-12H,13H2,1H3. The number of ether oxygens (including phenoxy) is 2. The predicted molar refractivity (Wildman–Crippen MR) is 105 cm³/mol. The lowest BCUT2D eigenvalue weighted by atomic mass is 10.1. The third-order valence-electron chi connectivity index (χ3n) is 3.89. The number of esters is 1. The number of carbonyl (C=O) groups excluding carboxylic acids is 1. The zero-order valence-electron chi connectivity index (χ0n) is 14.9. The van der Waals surface area contributed by atoms with E-state index < -0.39 is 10.9 Å². The maximum atomic E-state index is 12.2. The Labute approximate surface area is 166 Å². The Hall–Kier alpha value is -3.38. The number of benzene rings is 3. The first-order chi connectivity index (χ1) is 13.4. The van der Waals surface area contributed by atoms with Crippen molar-refractivity contribution in [2.45, 2.75) is 13.5 Å². The van der Waals surface area contributed by atoms with E-state index in [1.54, 1.807) is 12.1 Å². The number of halogens is 1. The van der Waals surface area contributed by atoms with Gasteiger partial charge in [0.25, 0.3) is 0 Å². The summed E-state index contributed by atoms with van der Waals surface area (Å²) >= 11 is 5.79. The fourth-order valence-electron chi connectivity index (χ4n) is 2.54. The molecule has 0 aromatic heterocycles. The van der Waals surface area contributed by atoms with Gasteiger partial charge < -0.3 is 9.47 Å². The Kier molecular flexibility index (Phi) is 5.91. The molecule has 0 atom stereocenters. The second kappa shape index (κ2) is 8.54. The van der Waals surface area contributed by atoms with E-state index in [1.807, 2.05) is 31.2 Å². The number of carbonyl (C=O) groups is 1. The smallest absolute Gasteiger partial charge is 0.338 e. The van der Waals surface area contributed by atoms with Crippen molar-refractivity contribution in [3.8, 4) is 11.5 Å². The molecule has 0 heterocycles. The molecular formula is C21H16ClNO5. The van der Waals surface area contributed by atoms with Crippen LogP contribution in [0.1, 0.15) is 21.5 Å². The largest absolute Gasteiger partial charge is 0.457 e. The fraction of sp³-hybridized carbons (Fsp3) is 0.0952. The van der Waals surface area contributed by atoms with Crippen molar-refractivity contribution in [3.05, 3.63) is 98.6 Å². The topological polar surface area (TPSA) is 78.7 Å². The molecule has 0 saturated carbocycles. The third kappa shape index (κ3) is 4.86. The van der Waals surface area contributed by atoms with E-state index in [1.165, 1.54) is 30.3 Å². The molecule has 0 N–H and O–H groups in total. The molecule has 0 radical (unpaired) electrons. The molecule has 0 amide bonds. The van der Waals surface area contributed by atoms with Gasteiger partial charge in [-0.1, -0.05) is 41.4 Å². The molecule has 28 heavy (non-hydrogen) atoms. The van der Waals surface area contributed by atoms with Crippen LogP contribution < -0.4 is 4.74 Å². The van der Waals surface area contributed by atoms with E-state index >= 15 is 0 Å². The van der Waals surface area contributed by atoms with Crippen molar-refractivity contribution in [2.75, 3.05) is 0 Å².